The topological polar surface area (TPSA) is 35.5 Å². The standard InChI is InChI=1S/C8H10O3/c1-3-10-8-6(2)7(4-9)5-11-8/h3,5H2,1-2H3. The van der Waals surface area contributed by atoms with E-state index in [4.69, 9.17) is 9.47 Å². The summed E-state index contributed by atoms with van der Waals surface area (Å²) in [5.41, 5.74) is 1.32. The predicted octanol–water partition coefficient (Wildman–Crippen LogP) is 1.04. The van der Waals surface area contributed by atoms with Crippen molar-refractivity contribution in [1.82, 2.24) is 0 Å². The van der Waals surface area contributed by atoms with Crippen LogP contribution in [0.4, 0.5) is 0 Å². The van der Waals surface area contributed by atoms with E-state index in [9.17, 15) is 4.79 Å². The Balaban J connectivity index is 2.80. The first-order valence-electron chi connectivity index (χ1n) is 3.50. The molecule has 0 radical (unpaired) electrons. The van der Waals surface area contributed by atoms with Crippen molar-refractivity contribution in [2.75, 3.05) is 13.2 Å². The highest BCUT2D eigenvalue weighted by Gasteiger charge is 2.19. The van der Waals surface area contributed by atoms with Gasteiger partial charge in [-0.1, -0.05) is 0 Å². The van der Waals surface area contributed by atoms with Gasteiger partial charge < -0.3 is 9.47 Å². The first kappa shape index (κ1) is 7.89. The summed E-state index contributed by atoms with van der Waals surface area (Å²) in [6.45, 7) is 4.51. The number of rotatable bonds is 2. The molecule has 1 aliphatic heterocycles. The van der Waals surface area contributed by atoms with Gasteiger partial charge in [-0.05, 0) is 13.8 Å². The number of ether oxygens (including phenoxy) is 2. The molecule has 0 fully saturated rings. The van der Waals surface area contributed by atoms with Gasteiger partial charge in [-0.2, -0.15) is 0 Å². The molecule has 0 spiro atoms. The van der Waals surface area contributed by atoms with Crippen LogP contribution in [0.25, 0.3) is 0 Å². The van der Waals surface area contributed by atoms with Crippen LogP contribution in [0.3, 0.4) is 0 Å². The van der Waals surface area contributed by atoms with Crippen LogP contribution in [0.1, 0.15) is 13.8 Å². The summed E-state index contributed by atoms with van der Waals surface area (Å²) in [6, 6.07) is 0. The Morgan fingerprint density at radius 1 is 1.73 bits per heavy atom. The lowest BCUT2D eigenvalue weighted by atomic mass is 10.2. The Labute approximate surface area is 65.3 Å². The zero-order valence-corrected chi connectivity index (χ0v) is 6.64. The van der Waals surface area contributed by atoms with Gasteiger partial charge in [0.2, 0.25) is 0 Å². The molecule has 3 nitrogen and oxygen atoms in total. The van der Waals surface area contributed by atoms with Crippen molar-refractivity contribution in [1.29, 1.82) is 0 Å². The molecule has 1 heterocycles. The molecule has 0 amide bonds. The molecule has 60 valence electrons. The minimum atomic E-state index is 0.296. The van der Waals surface area contributed by atoms with E-state index in [1.165, 1.54) is 0 Å². The van der Waals surface area contributed by atoms with Gasteiger partial charge in [-0.25, -0.2) is 4.79 Å². The lowest BCUT2D eigenvalue weighted by Crippen LogP contribution is -1.92. The maximum atomic E-state index is 10.2. The monoisotopic (exact) mass is 154 g/mol. The molecule has 1 rings (SSSR count). The van der Waals surface area contributed by atoms with E-state index >= 15 is 0 Å². The van der Waals surface area contributed by atoms with Crippen molar-refractivity contribution in [2.24, 2.45) is 0 Å². The molecular weight excluding hydrogens is 144 g/mol. The third-order valence-corrected chi connectivity index (χ3v) is 1.51. The van der Waals surface area contributed by atoms with Crippen LogP contribution >= 0.6 is 0 Å². The molecule has 0 aromatic heterocycles. The molecule has 0 unspecified atom stereocenters. The molecule has 0 aliphatic carbocycles. The Hall–Kier alpha value is -1.21. The summed E-state index contributed by atoms with van der Waals surface area (Å²) in [7, 11) is 0. The Kier molecular flexibility index (Phi) is 2.34. The third-order valence-electron chi connectivity index (χ3n) is 1.51. The fourth-order valence-corrected chi connectivity index (χ4v) is 0.864. The SMILES string of the molecule is CCOC1=C(C)C(=C=O)CO1. The van der Waals surface area contributed by atoms with Crippen LogP contribution in [0.5, 0.6) is 0 Å². The highest BCUT2D eigenvalue weighted by molar-refractivity contribution is 5.62. The van der Waals surface area contributed by atoms with Crippen LogP contribution in [-0.4, -0.2) is 19.2 Å². The average Bonchev–Trinajstić information content (AvgIpc) is 2.34. The van der Waals surface area contributed by atoms with E-state index in [1.54, 1.807) is 12.9 Å². The number of hydrogen-bond donors (Lipinski definition) is 0. The van der Waals surface area contributed by atoms with Gasteiger partial charge in [0, 0.05) is 5.57 Å². The summed E-state index contributed by atoms with van der Waals surface area (Å²) in [5, 5.41) is 0. The van der Waals surface area contributed by atoms with Gasteiger partial charge in [0.15, 0.2) is 0 Å². The van der Waals surface area contributed by atoms with E-state index in [0.29, 0.717) is 24.7 Å². The van der Waals surface area contributed by atoms with Gasteiger partial charge in [0.25, 0.3) is 5.95 Å². The summed E-state index contributed by atoms with van der Waals surface area (Å²) in [6.07, 6.45) is 0. The van der Waals surface area contributed by atoms with E-state index < -0.39 is 0 Å². The molecule has 0 bridgehead atoms. The second-order valence-corrected chi connectivity index (χ2v) is 2.21. The van der Waals surface area contributed by atoms with E-state index in [-0.39, 0.29) is 0 Å². The zero-order valence-electron chi connectivity index (χ0n) is 6.64. The first-order chi connectivity index (χ1) is 5.29. The maximum Gasteiger partial charge on any atom is 0.283 e. The Morgan fingerprint density at radius 3 is 2.91 bits per heavy atom. The smallest absolute Gasteiger partial charge is 0.283 e. The van der Waals surface area contributed by atoms with Crippen molar-refractivity contribution in [3.05, 3.63) is 17.1 Å². The van der Waals surface area contributed by atoms with Gasteiger partial charge in [0.05, 0.1) is 12.2 Å². The lowest BCUT2D eigenvalue weighted by Gasteiger charge is -2.02. The Bertz CT molecular complexity index is 234. The summed E-state index contributed by atoms with van der Waals surface area (Å²) in [4.78, 5) is 10.2. The van der Waals surface area contributed by atoms with Crippen LogP contribution in [0, 0.1) is 0 Å². The van der Waals surface area contributed by atoms with E-state index in [0.717, 1.165) is 5.57 Å². The molecule has 11 heavy (non-hydrogen) atoms. The van der Waals surface area contributed by atoms with E-state index in [1.807, 2.05) is 6.92 Å². The van der Waals surface area contributed by atoms with Crippen LogP contribution in [0.15, 0.2) is 17.1 Å². The Morgan fingerprint density at radius 2 is 2.45 bits per heavy atom. The van der Waals surface area contributed by atoms with Gasteiger partial charge >= 0.3 is 0 Å². The largest absolute Gasteiger partial charge is 0.466 e. The van der Waals surface area contributed by atoms with Crippen molar-refractivity contribution >= 4 is 5.94 Å². The molecule has 0 aromatic rings. The maximum absolute atomic E-state index is 10.2. The quantitative estimate of drug-likeness (QED) is 0.557. The molecule has 1 aliphatic rings. The molecule has 0 saturated heterocycles. The highest BCUT2D eigenvalue weighted by Crippen LogP contribution is 2.22. The van der Waals surface area contributed by atoms with Crippen molar-refractivity contribution < 1.29 is 14.3 Å². The van der Waals surface area contributed by atoms with Crippen molar-refractivity contribution in [2.45, 2.75) is 13.8 Å². The molecule has 0 aromatic carbocycles. The molecular formula is C8H10O3. The normalized spacial score (nSPS) is 16.4. The average molecular weight is 154 g/mol. The highest BCUT2D eigenvalue weighted by atomic mass is 16.7. The predicted molar refractivity (Wildman–Crippen MR) is 39.5 cm³/mol. The van der Waals surface area contributed by atoms with Gasteiger partial charge in [0.1, 0.15) is 12.5 Å². The fraction of sp³-hybridized carbons (Fsp3) is 0.500. The number of carbonyl (C=O) groups excluding carboxylic acids is 1. The second-order valence-electron chi connectivity index (χ2n) is 2.21. The van der Waals surface area contributed by atoms with Crippen molar-refractivity contribution in [3.63, 3.8) is 0 Å². The zero-order chi connectivity index (χ0) is 8.27. The minimum Gasteiger partial charge on any atom is -0.466 e. The van der Waals surface area contributed by atoms with Crippen LogP contribution in [-0.2, 0) is 14.3 Å². The summed E-state index contributed by atoms with van der Waals surface area (Å²) >= 11 is 0. The lowest BCUT2D eigenvalue weighted by molar-refractivity contribution is 0.0621. The number of hydrogen-bond acceptors (Lipinski definition) is 3. The van der Waals surface area contributed by atoms with Gasteiger partial charge in [-0.15, -0.1) is 0 Å². The third kappa shape index (κ3) is 1.44. The van der Waals surface area contributed by atoms with Crippen LogP contribution in [0.2, 0.25) is 0 Å². The van der Waals surface area contributed by atoms with E-state index in [2.05, 4.69) is 0 Å². The summed E-state index contributed by atoms with van der Waals surface area (Å²) < 4.78 is 10.2. The first-order valence-corrected chi connectivity index (χ1v) is 3.50. The minimum absolute atomic E-state index is 0.296. The molecule has 0 N–H and O–H groups in total. The second kappa shape index (κ2) is 3.26. The van der Waals surface area contributed by atoms with Gasteiger partial charge in [-0.3, -0.25) is 0 Å². The molecule has 3 heteroatoms. The fourth-order valence-electron chi connectivity index (χ4n) is 0.864. The van der Waals surface area contributed by atoms with Crippen molar-refractivity contribution in [3.8, 4) is 0 Å². The summed E-state index contributed by atoms with van der Waals surface area (Å²) in [5.74, 6) is 2.27. The van der Waals surface area contributed by atoms with Crippen LogP contribution < -0.4 is 0 Å². The molecule has 0 saturated carbocycles. The molecule has 0 atom stereocenters.